The van der Waals surface area contributed by atoms with Gasteiger partial charge in [0, 0.05) is 25.7 Å². The molecule has 1 fully saturated rings. The van der Waals surface area contributed by atoms with Gasteiger partial charge in [0.25, 0.3) is 0 Å². The highest BCUT2D eigenvalue weighted by Gasteiger charge is 2.20. The number of rotatable bonds is 9. The fraction of sp³-hybridized carbons (Fsp3) is 1.00. The molecule has 0 radical (unpaired) electrons. The Labute approximate surface area is 120 Å². The van der Waals surface area contributed by atoms with Crippen LogP contribution in [-0.4, -0.2) is 50.3 Å². The zero-order valence-corrected chi connectivity index (χ0v) is 13.5. The monoisotopic (exact) mass is 270 g/mol. The van der Waals surface area contributed by atoms with Crippen molar-refractivity contribution in [2.24, 2.45) is 11.8 Å². The van der Waals surface area contributed by atoms with Crippen molar-refractivity contribution in [2.45, 2.75) is 53.0 Å². The van der Waals surface area contributed by atoms with Crippen molar-refractivity contribution in [1.29, 1.82) is 0 Å². The van der Waals surface area contributed by atoms with Gasteiger partial charge < -0.3 is 15.0 Å². The lowest BCUT2D eigenvalue weighted by Gasteiger charge is -2.33. The summed E-state index contributed by atoms with van der Waals surface area (Å²) in [6, 6.07) is 0.586. The first kappa shape index (κ1) is 16.9. The van der Waals surface area contributed by atoms with Gasteiger partial charge >= 0.3 is 0 Å². The average Bonchev–Trinajstić information content (AvgIpc) is 2.33. The summed E-state index contributed by atoms with van der Waals surface area (Å²) >= 11 is 0. The number of nitrogens with one attached hydrogen (secondary N) is 1. The molecule has 0 amide bonds. The van der Waals surface area contributed by atoms with Gasteiger partial charge in [0.15, 0.2) is 0 Å². The maximum Gasteiger partial charge on any atom is 0.0506 e. The summed E-state index contributed by atoms with van der Waals surface area (Å²) in [6.07, 6.45) is 3.81. The Morgan fingerprint density at radius 3 is 2.74 bits per heavy atom. The van der Waals surface area contributed by atoms with Crippen LogP contribution in [0.25, 0.3) is 0 Å². The molecule has 0 spiro atoms. The molecule has 0 aromatic carbocycles. The van der Waals surface area contributed by atoms with E-state index in [0.717, 1.165) is 38.0 Å². The van der Waals surface area contributed by atoms with E-state index in [2.05, 4.69) is 37.9 Å². The Hall–Kier alpha value is -0.120. The van der Waals surface area contributed by atoms with Crippen molar-refractivity contribution in [3.63, 3.8) is 0 Å². The molecular formula is C16H34N2O. The third kappa shape index (κ3) is 8.61. The third-order valence-electron chi connectivity index (χ3n) is 3.60. The van der Waals surface area contributed by atoms with Gasteiger partial charge in [-0.3, -0.25) is 0 Å². The third-order valence-corrected chi connectivity index (χ3v) is 3.60. The summed E-state index contributed by atoms with van der Waals surface area (Å²) in [7, 11) is 0. The first-order chi connectivity index (χ1) is 9.08. The molecule has 1 atom stereocenters. The first-order valence-electron chi connectivity index (χ1n) is 8.11. The largest absolute Gasteiger partial charge is 0.381 e. The highest BCUT2D eigenvalue weighted by Crippen LogP contribution is 2.17. The molecule has 0 aliphatic carbocycles. The van der Waals surface area contributed by atoms with Gasteiger partial charge in [-0.25, -0.2) is 0 Å². The summed E-state index contributed by atoms with van der Waals surface area (Å²) < 4.78 is 5.84. The minimum absolute atomic E-state index is 0.586. The van der Waals surface area contributed by atoms with E-state index in [-0.39, 0.29) is 0 Å². The summed E-state index contributed by atoms with van der Waals surface area (Å²) in [6.45, 7) is 15.7. The van der Waals surface area contributed by atoms with Crippen LogP contribution in [0.15, 0.2) is 0 Å². The maximum atomic E-state index is 5.84. The topological polar surface area (TPSA) is 24.5 Å². The van der Waals surface area contributed by atoms with Gasteiger partial charge in [-0.1, -0.05) is 27.7 Å². The van der Waals surface area contributed by atoms with Crippen LogP contribution in [0.2, 0.25) is 0 Å². The Bertz CT molecular complexity index is 219. The van der Waals surface area contributed by atoms with Gasteiger partial charge in [0.2, 0.25) is 0 Å². The van der Waals surface area contributed by atoms with E-state index in [0.29, 0.717) is 6.04 Å². The molecule has 0 aromatic heterocycles. The van der Waals surface area contributed by atoms with Crippen molar-refractivity contribution in [2.75, 3.05) is 39.4 Å². The lowest BCUT2D eigenvalue weighted by atomic mass is 9.98. The summed E-state index contributed by atoms with van der Waals surface area (Å²) in [4.78, 5) is 2.61. The molecule has 0 unspecified atom stereocenters. The van der Waals surface area contributed by atoms with Crippen molar-refractivity contribution in [3.8, 4) is 0 Å². The molecule has 1 rings (SSSR count). The van der Waals surface area contributed by atoms with Crippen LogP contribution in [-0.2, 0) is 4.74 Å². The normalized spacial score (nSPS) is 21.5. The molecule has 1 N–H and O–H groups in total. The second-order valence-electron chi connectivity index (χ2n) is 6.70. The Morgan fingerprint density at radius 1 is 1.26 bits per heavy atom. The lowest BCUT2D eigenvalue weighted by molar-refractivity contribution is 0.0561. The molecule has 1 heterocycles. The van der Waals surface area contributed by atoms with Gasteiger partial charge in [-0.15, -0.1) is 0 Å². The predicted molar refractivity (Wildman–Crippen MR) is 82.6 cm³/mol. The quantitative estimate of drug-likeness (QED) is 0.652. The average molecular weight is 270 g/mol. The van der Waals surface area contributed by atoms with Crippen molar-refractivity contribution in [3.05, 3.63) is 0 Å². The second kappa shape index (κ2) is 9.73. The van der Waals surface area contributed by atoms with E-state index in [1.54, 1.807) is 0 Å². The lowest BCUT2D eigenvalue weighted by Crippen LogP contribution is -2.39. The molecule has 1 aliphatic heterocycles. The predicted octanol–water partition coefficient (Wildman–Crippen LogP) is 2.76. The molecule has 3 nitrogen and oxygen atoms in total. The SMILES string of the molecule is CC(C)CN1CCC[C@@H](COCCCNC(C)C)C1. The molecule has 0 aromatic rings. The fourth-order valence-electron chi connectivity index (χ4n) is 2.78. The number of nitrogens with zero attached hydrogens (tertiary/aromatic N) is 1. The van der Waals surface area contributed by atoms with Crippen LogP contribution in [0.5, 0.6) is 0 Å². The summed E-state index contributed by atoms with van der Waals surface area (Å²) in [5, 5.41) is 3.42. The van der Waals surface area contributed by atoms with E-state index < -0.39 is 0 Å². The molecule has 0 bridgehead atoms. The van der Waals surface area contributed by atoms with Crippen LogP contribution in [0.1, 0.15) is 47.0 Å². The number of ether oxygens (including phenoxy) is 1. The number of hydrogen-bond donors (Lipinski definition) is 1. The van der Waals surface area contributed by atoms with E-state index in [1.807, 2.05) is 0 Å². The van der Waals surface area contributed by atoms with Gasteiger partial charge in [0.05, 0.1) is 6.61 Å². The minimum Gasteiger partial charge on any atom is -0.381 e. The Kier molecular flexibility index (Phi) is 8.67. The first-order valence-corrected chi connectivity index (χ1v) is 8.11. The number of piperidine rings is 1. The molecule has 3 heteroatoms. The van der Waals surface area contributed by atoms with Crippen LogP contribution in [0, 0.1) is 11.8 Å². The van der Waals surface area contributed by atoms with Gasteiger partial charge in [-0.2, -0.15) is 0 Å². The molecule has 1 saturated heterocycles. The van der Waals surface area contributed by atoms with E-state index in [4.69, 9.17) is 4.74 Å². The molecule has 1 aliphatic rings. The highest BCUT2D eigenvalue weighted by molar-refractivity contribution is 4.73. The van der Waals surface area contributed by atoms with Crippen LogP contribution in [0.4, 0.5) is 0 Å². The maximum absolute atomic E-state index is 5.84. The van der Waals surface area contributed by atoms with E-state index in [1.165, 1.54) is 32.5 Å². The van der Waals surface area contributed by atoms with Crippen molar-refractivity contribution in [1.82, 2.24) is 10.2 Å². The summed E-state index contributed by atoms with van der Waals surface area (Å²) in [5.41, 5.74) is 0. The zero-order valence-electron chi connectivity index (χ0n) is 13.5. The molecule has 19 heavy (non-hydrogen) atoms. The van der Waals surface area contributed by atoms with Crippen LogP contribution < -0.4 is 5.32 Å². The molecule has 0 saturated carbocycles. The Balaban J connectivity index is 2.02. The van der Waals surface area contributed by atoms with Gasteiger partial charge in [-0.05, 0) is 44.2 Å². The van der Waals surface area contributed by atoms with Crippen LogP contribution >= 0.6 is 0 Å². The summed E-state index contributed by atoms with van der Waals surface area (Å²) in [5.74, 6) is 1.53. The number of likely N-dealkylation sites (tertiary alicyclic amines) is 1. The van der Waals surface area contributed by atoms with Crippen LogP contribution in [0.3, 0.4) is 0 Å². The molecular weight excluding hydrogens is 236 g/mol. The van der Waals surface area contributed by atoms with Crippen molar-refractivity contribution >= 4 is 0 Å². The Morgan fingerprint density at radius 2 is 2.05 bits per heavy atom. The number of hydrogen-bond acceptors (Lipinski definition) is 3. The van der Waals surface area contributed by atoms with Crippen molar-refractivity contribution < 1.29 is 4.74 Å². The minimum atomic E-state index is 0.586. The van der Waals surface area contributed by atoms with E-state index >= 15 is 0 Å². The smallest absolute Gasteiger partial charge is 0.0506 e. The fourth-order valence-corrected chi connectivity index (χ4v) is 2.78. The highest BCUT2D eigenvalue weighted by atomic mass is 16.5. The van der Waals surface area contributed by atoms with E-state index in [9.17, 15) is 0 Å². The zero-order chi connectivity index (χ0) is 14.1. The standard InChI is InChI=1S/C16H34N2O/c1-14(2)11-18-9-5-7-16(12-18)13-19-10-6-8-17-15(3)4/h14-17H,5-13H2,1-4H3/t16-/m1/s1. The second-order valence-corrected chi connectivity index (χ2v) is 6.70. The molecule has 114 valence electrons. The van der Waals surface area contributed by atoms with Gasteiger partial charge in [0.1, 0.15) is 0 Å².